The van der Waals surface area contributed by atoms with Crippen LogP contribution in [0.4, 0.5) is 0 Å². The van der Waals surface area contributed by atoms with Gasteiger partial charge in [0.25, 0.3) is 5.88 Å². The molecule has 2 aromatic rings. The summed E-state index contributed by atoms with van der Waals surface area (Å²) in [5.74, 6) is 0.232. The molecule has 0 saturated heterocycles. The van der Waals surface area contributed by atoms with Gasteiger partial charge in [0.2, 0.25) is 11.7 Å². The Hall–Kier alpha value is -1.26. The van der Waals surface area contributed by atoms with E-state index in [2.05, 4.69) is 4.98 Å². The molecule has 6 heteroatoms. The minimum atomic E-state index is 0.232. The molecule has 0 N–H and O–H groups in total. The molecule has 78 valence electrons. The van der Waals surface area contributed by atoms with Crippen molar-refractivity contribution in [3.63, 3.8) is 0 Å². The maximum atomic E-state index is 11.5. The van der Waals surface area contributed by atoms with Gasteiger partial charge in [-0.2, -0.15) is 4.73 Å². The molecule has 1 aromatic carbocycles. The van der Waals surface area contributed by atoms with Crippen molar-refractivity contribution in [2.75, 3.05) is 7.11 Å². The van der Waals surface area contributed by atoms with E-state index in [1.165, 1.54) is 25.4 Å². The lowest BCUT2D eigenvalue weighted by Crippen LogP contribution is -2.27. The minimum Gasteiger partial charge on any atom is -0.618 e. The average Bonchev–Trinajstić information content (AvgIpc) is 2.21. The Morgan fingerprint density at radius 1 is 1.33 bits per heavy atom. The normalized spacial score (nSPS) is 10.6. The van der Waals surface area contributed by atoms with Crippen molar-refractivity contribution in [2.24, 2.45) is 0 Å². The van der Waals surface area contributed by atoms with Crippen LogP contribution in [0.2, 0.25) is 10.0 Å². The highest BCUT2D eigenvalue weighted by atomic mass is 35.5. The van der Waals surface area contributed by atoms with E-state index < -0.39 is 0 Å². The third kappa shape index (κ3) is 1.78. The van der Waals surface area contributed by atoms with Gasteiger partial charge < -0.3 is 9.94 Å². The molecule has 1 aromatic heterocycles. The van der Waals surface area contributed by atoms with Gasteiger partial charge in [0, 0.05) is 6.07 Å². The summed E-state index contributed by atoms with van der Waals surface area (Å²) in [6.45, 7) is 0. The molecule has 0 spiro atoms. The summed E-state index contributed by atoms with van der Waals surface area (Å²) in [5.41, 5.74) is 0.795. The fraction of sp³-hybridized carbons (Fsp3) is 0.111. The quantitative estimate of drug-likeness (QED) is 0.571. The smallest absolute Gasteiger partial charge is 0.281 e. The number of aromatic nitrogens is 2. The van der Waals surface area contributed by atoms with Crippen LogP contribution >= 0.6 is 23.2 Å². The molecular weight excluding hydrogens is 239 g/mol. The lowest BCUT2D eigenvalue weighted by molar-refractivity contribution is -0.577. The van der Waals surface area contributed by atoms with Crippen molar-refractivity contribution in [1.29, 1.82) is 0 Å². The molecule has 0 aliphatic rings. The van der Waals surface area contributed by atoms with Gasteiger partial charge >= 0.3 is 0 Å². The van der Waals surface area contributed by atoms with Crippen LogP contribution in [0.1, 0.15) is 0 Å². The minimum absolute atomic E-state index is 0.232. The molecule has 1 heterocycles. The van der Waals surface area contributed by atoms with Crippen molar-refractivity contribution in [1.82, 2.24) is 4.98 Å². The van der Waals surface area contributed by atoms with Crippen molar-refractivity contribution >= 4 is 34.2 Å². The molecule has 0 aliphatic carbocycles. The zero-order chi connectivity index (χ0) is 11.0. The largest absolute Gasteiger partial charge is 0.618 e. The zero-order valence-corrected chi connectivity index (χ0v) is 9.21. The van der Waals surface area contributed by atoms with E-state index in [0.717, 1.165) is 0 Å². The monoisotopic (exact) mass is 244 g/mol. The van der Waals surface area contributed by atoms with Gasteiger partial charge in [-0.3, -0.25) is 0 Å². The summed E-state index contributed by atoms with van der Waals surface area (Å²) in [5, 5.41) is 12.2. The number of halogens is 2. The molecule has 0 saturated carbocycles. The van der Waals surface area contributed by atoms with E-state index in [9.17, 15) is 5.21 Å². The molecule has 0 fully saturated rings. The Bertz CT molecular complexity index is 531. The maximum absolute atomic E-state index is 11.5. The second-order valence-corrected chi connectivity index (χ2v) is 3.68. The highest BCUT2D eigenvalue weighted by Gasteiger charge is 2.11. The first-order chi connectivity index (χ1) is 7.11. The van der Waals surface area contributed by atoms with Gasteiger partial charge in [-0.1, -0.05) is 23.2 Å². The van der Waals surface area contributed by atoms with Crippen molar-refractivity contribution in [2.45, 2.75) is 0 Å². The average molecular weight is 245 g/mol. The topological polar surface area (TPSA) is 49.1 Å². The Kier molecular flexibility index (Phi) is 2.54. The number of hydrogen-bond acceptors (Lipinski definition) is 3. The maximum Gasteiger partial charge on any atom is 0.281 e. The fourth-order valence-corrected chi connectivity index (χ4v) is 1.52. The van der Waals surface area contributed by atoms with Crippen LogP contribution < -0.4 is 9.47 Å². The predicted octanol–water partition coefficient (Wildman–Crippen LogP) is 2.18. The molecule has 0 bridgehead atoms. The molecule has 0 amide bonds. The second-order valence-electron chi connectivity index (χ2n) is 2.86. The molecule has 0 unspecified atom stereocenters. The summed E-state index contributed by atoms with van der Waals surface area (Å²) in [6.07, 6.45) is 1.23. The van der Waals surface area contributed by atoms with E-state index >= 15 is 0 Å². The summed E-state index contributed by atoms with van der Waals surface area (Å²) >= 11 is 11.6. The highest BCUT2D eigenvalue weighted by Crippen LogP contribution is 2.25. The number of methoxy groups -OCH3 is 1. The van der Waals surface area contributed by atoms with Gasteiger partial charge in [-0.15, -0.1) is 0 Å². The van der Waals surface area contributed by atoms with Gasteiger partial charge in [0.1, 0.15) is 5.52 Å². The summed E-state index contributed by atoms with van der Waals surface area (Å²) in [4.78, 5) is 4.07. The third-order valence-corrected chi connectivity index (χ3v) is 2.64. The zero-order valence-electron chi connectivity index (χ0n) is 7.70. The van der Waals surface area contributed by atoms with Crippen molar-refractivity contribution in [3.8, 4) is 5.88 Å². The van der Waals surface area contributed by atoms with Crippen LogP contribution in [0.25, 0.3) is 11.0 Å². The van der Waals surface area contributed by atoms with Crippen LogP contribution in [0.3, 0.4) is 0 Å². The first-order valence-electron chi connectivity index (χ1n) is 4.05. The van der Waals surface area contributed by atoms with Crippen LogP contribution in [-0.2, 0) is 0 Å². The van der Waals surface area contributed by atoms with Crippen molar-refractivity contribution < 1.29 is 9.47 Å². The van der Waals surface area contributed by atoms with E-state index in [0.29, 0.717) is 25.8 Å². The van der Waals surface area contributed by atoms with Gasteiger partial charge in [-0.05, 0) is 6.07 Å². The van der Waals surface area contributed by atoms with E-state index in [1.54, 1.807) is 0 Å². The standard InChI is InChI=1S/C9H6Cl2N2O2/c1-15-9-4-13(14)8-3-6(11)5(10)2-7(8)12-9/h2-4H,1H3. The first-order valence-corrected chi connectivity index (χ1v) is 4.80. The number of ether oxygens (including phenoxy) is 1. The number of rotatable bonds is 1. The number of hydrogen-bond donors (Lipinski definition) is 0. The molecule has 0 atom stereocenters. The number of fused-ring (bicyclic) bond motifs is 1. The van der Waals surface area contributed by atoms with Crippen LogP contribution in [0.15, 0.2) is 18.3 Å². The van der Waals surface area contributed by atoms with E-state index in [-0.39, 0.29) is 5.88 Å². The lowest BCUT2D eigenvalue weighted by Gasteiger charge is -2.04. The molecule has 0 radical (unpaired) electrons. The highest BCUT2D eigenvalue weighted by molar-refractivity contribution is 6.42. The third-order valence-electron chi connectivity index (χ3n) is 1.92. The van der Waals surface area contributed by atoms with Crippen LogP contribution in [0.5, 0.6) is 5.88 Å². The Balaban J connectivity index is 2.80. The Labute approximate surface area is 95.6 Å². The van der Waals surface area contributed by atoms with Gasteiger partial charge in [0.05, 0.1) is 17.2 Å². The van der Waals surface area contributed by atoms with Crippen LogP contribution in [-0.4, -0.2) is 12.1 Å². The molecular formula is C9H6Cl2N2O2. The number of nitrogens with zero attached hydrogens (tertiary/aromatic N) is 2. The Morgan fingerprint density at radius 3 is 2.67 bits per heavy atom. The molecule has 4 nitrogen and oxygen atoms in total. The Morgan fingerprint density at radius 2 is 2.00 bits per heavy atom. The lowest BCUT2D eigenvalue weighted by atomic mass is 10.3. The predicted molar refractivity (Wildman–Crippen MR) is 57.3 cm³/mol. The second kappa shape index (κ2) is 3.72. The molecule has 0 aliphatic heterocycles. The summed E-state index contributed by atoms with van der Waals surface area (Å²) in [6, 6.07) is 2.99. The van der Waals surface area contributed by atoms with Crippen LogP contribution in [0, 0.1) is 5.21 Å². The van der Waals surface area contributed by atoms with Gasteiger partial charge in [0.15, 0.2) is 0 Å². The van der Waals surface area contributed by atoms with Gasteiger partial charge in [-0.25, -0.2) is 4.98 Å². The van der Waals surface area contributed by atoms with E-state index in [4.69, 9.17) is 27.9 Å². The number of benzene rings is 1. The molecule has 2 rings (SSSR count). The van der Waals surface area contributed by atoms with Crippen molar-refractivity contribution in [3.05, 3.63) is 33.6 Å². The summed E-state index contributed by atoms with van der Waals surface area (Å²) < 4.78 is 5.51. The summed E-state index contributed by atoms with van der Waals surface area (Å²) in [7, 11) is 1.44. The fourth-order valence-electron chi connectivity index (χ4n) is 1.21. The van der Waals surface area contributed by atoms with E-state index in [1.807, 2.05) is 0 Å². The molecule has 15 heavy (non-hydrogen) atoms. The first kappa shape index (κ1) is 10.3. The SMILES string of the molecule is COc1c[n+]([O-])c2cc(Cl)c(Cl)cc2n1.